The molecule has 8 aromatic heterocycles. The number of imidazole rings is 4. The van der Waals surface area contributed by atoms with Crippen LogP contribution in [0.25, 0.3) is 44.7 Å². The largest absolute Gasteiger partial charge is 0.394 e. The normalized spacial score (nSPS) is 30.0. The van der Waals surface area contributed by atoms with Crippen LogP contribution in [0.1, 0.15) is 124 Å². The van der Waals surface area contributed by atoms with E-state index in [4.69, 9.17) is 96.1 Å². The van der Waals surface area contributed by atoms with Crippen molar-refractivity contribution in [2.75, 3.05) is 40.9 Å². The molecule has 5 aliphatic heterocycles. The Labute approximate surface area is 803 Å². The Bertz CT molecular complexity index is 5650. The van der Waals surface area contributed by atoms with Gasteiger partial charge in [0.1, 0.15) is 98.0 Å². The summed E-state index contributed by atoms with van der Waals surface area (Å²) < 4.78 is 85.3. The number of anilines is 3. The zero-order chi connectivity index (χ0) is 94.2. The van der Waals surface area contributed by atoms with E-state index < -0.39 is 132 Å². The van der Waals surface area contributed by atoms with Crippen molar-refractivity contribution in [1.82, 2.24) is 78.1 Å². The highest BCUT2D eigenvalue weighted by Gasteiger charge is 2.55. The lowest BCUT2D eigenvalue weighted by Crippen LogP contribution is -2.33. The summed E-state index contributed by atoms with van der Waals surface area (Å²) >= 11 is 15.9. The van der Waals surface area contributed by atoms with Crippen LogP contribution in [0.4, 0.5) is 17.5 Å². The number of aliphatic hydroxyl groups excluding tert-OH is 8. The molecule has 4 aliphatic carbocycles. The van der Waals surface area contributed by atoms with Crippen molar-refractivity contribution in [2.24, 2.45) is 5.73 Å². The number of rotatable bonds is 26. The highest BCUT2D eigenvalue weighted by molar-refractivity contribution is 8.26. The molecule has 4 saturated carbocycles. The van der Waals surface area contributed by atoms with Gasteiger partial charge in [-0.2, -0.15) is 4.21 Å². The standard InChI is InChI=1S/C22H24ClN5O5S.C22H26ClN5O4.C22H27N5O5.C12H17NO.C10H11ClN4O4.Cl2OS/c23-9-16-18-19(33-34(29)32-18)22(31-16)28-12-26-17-20(24-11-25-21(17)28)27-14-7-4-8-15(14)30-10-13-5-2-1-3-6-13;23-9-16-18(29)19(30)22(32-16)28-12-26-17-20(24-11-25-21(17)28)27-14-7-4-8-15(14)31-10-13-5-2-1-3-6-13;28-9-16-18(29)19(30)22(32-16)27-12-25-17-20(23-11-24-21(17)27)26-14-7-4-8-15(14)31-10-13-5-2-1-3-6-13;13-11-7-4-8-12(11)14-9-10-5-2-1-3-6-10;11-8-5-9(13-2-12-8)15(3-14-5)10-7(18)6(17)4(1-16)19-10;1-4(2)3/h1-3,5-6,11-12,14-16,18-19,22H,4,7-10H2,(H,24,25,27);1-3,5-6,11-12,14-16,18-19,22,29-30H,4,7-10H2,(H,24,25,27);1-3,5-6,11-12,14-16,18-19,22,28-30H,4,7-10H2,(H,23,24,26);1-3,5-6,11-12H,4,7-9,13H2;2-4,6-7,10,16-18H,1H2;/t14?,15?,16-,18-,19-,22-,34?;2*14?,15?,16-,18-,19-,22-;;4-,6-,7-,10-;/m111.1./s1. The van der Waals surface area contributed by atoms with E-state index in [9.17, 15) is 40.0 Å². The molecule has 9 unspecified atom stereocenters. The Hall–Kier alpha value is -8.53. The minimum absolute atomic E-state index is 0.0581. The number of nitrogens with one attached hydrogen (secondary N) is 3. The van der Waals surface area contributed by atoms with Gasteiger partial charge >= 0.3 is 11.4 Å². The minimum Gasteiger partial charge on any atom is -0.394 e. The summed E-state index contributed by atoms with van der Waals surface area (Å²) in [7, 11) is 7.36. The maximum Gasteiger partial charge on any atom is 0.305 e. The van der Waals surface area contributed by atoms with Crippen molar-refractivity contribution < 1.29 is 95.5 Å². The number of aliphatic hydroxyl groups is 8. The summed E-state index contributed by atoms with van der Waals surface area (Å²) in [5, 5.41) is 89.8. The predicted molar refractivity (Wildman–Crippen MR) is 497 cm³/mol. The number of halogens is 5. The Morgan fingerprint density at radius 1 is 0.393 bits per heavy atom. The van der Waals surface area contributed by atoms with E-state index in [1.807, 2.05) is 72.8 Å². The lowest BCUT2D eigenvalue weighted by atomic mass is 10.1. The van der Waals surface area contributed by atoms with Gasteiger partial charge in [0.25, 0.3) is 0 Å². The number of alkyl halides is 2. The summed E-state index contributed by atoms with van der Waals surface area (Å²) in [6, 6.07) is 41.2. The van der Waals surface area contributed by atoms with Crippen LogP contribution in [0.15, 0.2) is 172 Å². The fraction of sp³-hybridized carbons (Fsp3) is 0.500. The second-order valence-electron chi connectivity index (χ2n) is 33.5. The second-order valence-corrected chi connectivity index (χ2v) is 37.8. The van der Waals surface area contributed by atoms with Crippen LogP contribution < -0.4 is 21.7 Å². The van der Waals surface area contributed by atoms with Gasteiger partial charge in [-0.05, 0) is 99.3 Å². The first-order valence-electron chi connectivity index (χ1n) is 44.3. The molecule has 13 heterocycles. The number of ether oxygens (including phenoxy) is 8. The topological polar surface area (TPSA) is 525 Å². The highest BCUT2D eigenvalue weighted by atomic mass is 36.0. The van der Waals surface area contributed by atoms with Gasteiger partial charge in [0.15, 0.2) is 92.8 Å². The molecule has 12 aromatic rings. The Morgan fingerprint density at radius 2 is 0.696 bits per heavy atom. The molecule has 21 rings (SSSR count). The van der Waals surface area contributed by atoms with E-state index in [-0.39, 0.29) is 65.5 Å². The van der Waals surface area contributed by atoms with Crippen LogP contribution in [0.3, 0.4) is 0 Å². The first-order valence-corrected chi connectivity index (χ1v) is 49.6. The van der Waals surface area contributed by atoms with E-state index in [2.05, 4.69) is 146 Å². The molecule has 0 amide bonds. The van der Waals surface area contributed by atoms with E-state index in [1.54, 1.807) is 26.4 Å². The van der Waals surface area contributed by atoms with Crippen LogP contribution >= 0.6 is 56.2 Å². The molecule has 0 radical (unpaired) electrons. The van der Waals surface area contributed by atoms with E-state index >= 15 is 0 Å². The lowest BCUT2D eigenvalue weighted by Gasteiger charge is -2.22. The Balaban J connectivity index is 0.000000125. The molecule has 5 saturated heterocycles. The number of fused-ring (bicyclic) bond motifs is 5. The quantitative estimate of drug-likeness (QED) is 0.0138. The van der Waals surface area contributed by atoms with E-state index in [0.717, 1.165) is 87.3 Å². The summed E-state index contributed by atoms with van der Waals surface area (Å²) in [4.78, 5) is 51.6. The first-order chi connectivity index (χ1) is 65.7. The number of aromatic nitrogens is 16. The van der Waals surface area contributed by atoms with Gasteiger partial charge < -0.3 is 100 Å². The van der Waals surface area contributed by atoms with Crippen LogP contribution in [0, 0.1) is 0 Å². The minimum atomic E-state index is -1.83. The molecule has 135 heavy (non-hydrogen) atoms. The molecular weight excluding hydrogens is 1900 g/mol. The van der Waals surface area contributed by atoms with Gasteiger partial charge in [-0.1, -0.05) is 133 Å². The second kappa shape index (κ2) is 47.4. The molecule has 724 valence electrons. The van der Waals surface area contributed by atoms with Gasteiger partial charge in [0, 0.05) is 27.4 Å². The average molecular weight is 2000 g/mol. The number of hydrogen-bond acceptors (Lipinski definition) is 36. The fourth-order valence-corrected chi connectivity index (χ4v) is 19.4. The third-order valence-corrected chi connectivity index (χ3v) is 26.5. The van der Waals surface area contributed by atoms with Crippen molar-refractivity contribution >= 4 is 139 Å². The summed E-state index contributed by atoms with van der Waals surface area (Å²) in [6.45, 7) is 1.61. The third kappa shape index (κ3) is 23.8. The summed E-state index contributed by atoms with van der Waals surface area (Å²) in [6.07, 6.45) is 10.6. The van der Waals surface area contributed by atoms with Gasteiger partial charge in [-0.25, -0.2) is 64.0 Å². The molecule has 9 aliphatic rings. The zero-order valence-corrected chi connectivity index (χ0v) is 78.0. The molecule has 47 heteroatoms. The molecule has 9 fully saturated rings. The average Bonchev–Trinajstić information content (AvgIpc) is 1.59. The van der Waals surface area contributed by atoms with E-state index in [1.165, 1.54) is 54.5 Å². The molecular formula is C88H105Cl5N20O20S2. The smallest absolute Gasteiger partial charge is 0.305 e. The van der Waals surface area contributed by atoms with Gasteiger partial charge in [0.05, 0.1) is 119 Å². The van der Waals surface area contributed by atoms with Crippen molar-refractivity contribution in [1.29, 1.82) is 0 Å². The Kier molecular flexibility index (Phi) is 34.9. The number of nitrogens with zero attached hydrogens (tertiary/aromatic N) is 16. The van der Waals surface area contributed by atoms with Gasteiger partial charge in [-0.15, -0.1) is 23.2 Å². The van der Waals surface area contributed by atoms with E-state index in [0.29, 0.717) is 88.5 Å². The maximum absolute atomic E-state index is 11.8. The van der Waals surface area contributed by atoms with Gasteiger partial charge in [-0.3, -0.25) is 26.6 Å². The number of hydrogen-bond donors (Lipinski definition) is 12. The number of nitrogens with two attached hydrogens (primary N) is 1. The zero-order valence-electron chi connectivity index (χ0n) is 72.6. The van der Waals surface area contributed by atoms with Crippen LogP contribution in [-0.2, 0) is 93.3 Å². The van der Waals surface area contributed by atoms with Crippen LogP contribution in [-0.4, -0.2) is 274 Å². The van der Waals surface area contributed by atoms with Crippen molar-refractivity contribution in [3.8, 4) is 0 Å². The predicted octanol–water partition coefficient (Wildman–Crippen LogP) is 8.31. The van der Waals surface area contributed by atoms with Crippen LogP contribution in [0.5, 0.6) is 0 Å². The Morgan fingerprint density at radius 3 is 1.04 bits per heavy atom. The summed E-state index contributed by atoms with van der Waals surface area (Å²) in [5.41, 5.74) is 14.6. The molecule has 4 aromatic carbocycles. The van der Waals surface area contributed by atoms with Crippen molar-refractivity contribution in [3.05, 3.63) is 199 Å². The lowest BCUT2D eigenvalue weighted by molar-refractivity contribution is -0.0511. The SMILES string of the molecule is NC1CCCC1OCc1ccccc1.O=S(Cl)Cl.O=S1O[C@@H]2[C@H](O1)[C@@H](CCl)O[C@H]2n1cnc2c(NC3CCCC3OCc3ccccc3)ncnc21.OC[C@H]1O[C@@H](n2cnc3c(Cl)ncnc32)[C@H](O)[C@@H]1O.OC[C@H]1O[C@@H](n2cnc3c(NC4CCCC4OCc4ccccc4)ncnc32)[C@H](O)[C@@H]1O.O[C@@H]1[C@H](O)[C@@H](CCl)O[C@H]1n1cnc2c(NC3CCCC3OCc3ccccc3)ncnc21. The summed E-state index contributed by atoms with van der Waals surface area (Å²) in [5.74, 6) is 2.10. The van der Waals surface area contributed by atoms with Crippen LogP contribution in [0.2, 0.25) is 5.15 Å². The van der Waals surface area contributed by atoms with Crippen molar-refractivity contribution in [3.63, 3.8) is 0 Å². The number of benzene rings is 4. The third-order valence-electron chi connectivity index (χ3n) is 24.9. The molecule has 25 atom stereocenters. The maximum atomic E-state index is 11.8. The highest BCUT2D eigenvalue weighted by Crippen LogP contribution is 2.43. The van der Waals surface area contributed by atoms with Gasteiger partial charge in [0.2, 0.25) is 9.23 Å². The van der Waals surface area contributed by atoms with Crippen molar-refractivity contribution in [2.45, 2.75) is 250 Å². The monoisotopic (exact) mass is 2000 g/mol. The first kappa shape index (κ1) is 99.5. The molecule has 0 spiro atoms. The molecule has 13 N–H and O–H groups in total. The molecule has 40 nitrogen and oxygen atoms in total. The fourth-order valence-electron chi connectivity index (χ4n) is 17.9. The molecule has 0 bridgehead atoms.